The summed E-state index contributed by atoms with van der Waals surface area (Å²) in [5.41, 5.74) is -0.991. The lowest BCUT2D eigenvalue weighted by molar-refractivity contribution is 0.0540. The summed E-state index contributed by atoms with van der Waals surface area (Å²) in [6.07, 6.45) is 0.616. The van der Waals surface area contributed by atoms with E-state index in [0.29, 0.717) is 26.1 Å². The Kier molecular flexibility index (Phi) is 4.28. The predicted molar refractivity (Wildman–Crippen MR) is 51.6 cm³/mol. The molecule has 0 bridgehead atoms. The molecule has 4 nitrogen and oxygen atoms in total. The molecule has 1 aliphatic rings. The molecule has 1 N–H and O–H groups in total. The Morgan fingerprint density at radius 3 is 2.33 bits per heavy atom. The molecular weight excluding hydrogens is 252 g/mol. The van der Waals surface area contributed by atoms with E-state index in [0.717, 1.165) is 0 Å². The fourth-order valence-electron chi connectivity index (χ4n) is 1.37. The van der Waals surface area contributed by atoms with Crippen molar-refractivity contribution in [3.05, 3.63) is 0 Å². The first-order valence-electron chi connectivity index (χ1n) is 4.36. The van der Waals surface area contributed by atoms with Crippen molar-refractivity contribution >= 4 is 21.6 Å². The van der Waals surface area contributed by atoms with Crippen LogP contribution in [0.3, 0.4) is 0 Å². The van der Waals surface area contributed by atoms with E-state index in [4.69, 9.17) is 16.3 Å². The number of halogens is 3. The SMILES string of the molecule is O=S(=O)(NC1(CCl)CCOCC1)C(F)F. The Labute approximate surface area is 92.0 Å². The highest BCUT2D eigenvalue weighted by molar-refractivity contribution is 7.89. The van der Waals surface area contributed by atoms with Crippen molar-refractivity contribution < 1.29 is 21.9 Å². The summed E-state index contributed by atoms with van der Waals surface area (Å²) >= 11 is 5.62. The fourth-order valence-corrected chi connectivity index (χ4v) is 2.75. The lowest BCUT2D eigenvalue weighted by atomic mass is 9.94. The number of hydrogen-bond acceptors (Lipinski definition) is 3. The monoisotopic (exact) mass is 263 g/mol. The van der Waals surface area contributed by atoms with Gasteiger partial charge in [-0.3, -0.25) is 0 Å². The highest BCUT2D eigenvalue weighted by Crippen LogP contribution is 2.24. The summed E-state index contributed by atoms with van der Waals surface area (Å²) in [6, 6.07) is 0. The molecule has 0 atom stereocenters. The smallest absolute Gasteiger partial charge is 0.350 e. The minimum Gasteiger partial charge on any atom is -0.381 e. The van der Waals surface area contributed by atoms with Gasteiger partial charge in [-0.2, -0.15) is 8.78 Å². The van der Waals surface area contributed by atoms with Gasteiger partial charge in [-0.05, 0) is 12.8 Å². The Bertz CT molecular complexity index is 303. The molecule has 0 amide bonds. The maximum atomic E-state index is 12.1. The largest absolute Gasteiger partial charge is 0.381 e. The van der Waals surface area contributed by atoms with Gasteiger partial charge in [0.2, 0.25) is 0 Å². The third-order valence-electron chi connectivity index (χ3n) is 2.30. The van der Waals surface area contributed by atoms with Gasteiger partial charge in [0.1, 0.15) is 0 Å². The van der Waals surface area contributed by atoms with E-state index < -0.39 is 21.3 Å². The summed E-state index contributed by atoms with van der Waals surface area (Å²) in [4.78, 5) is 0. The molecule has 0 saturated carbocycles. The van der Waals surface area contributed by atoms with Crippen molar-refractivity contribution in [2.75, 3.05) is 19.1 Å². The van der Waals surface area contributed by atoms with Crippen molar-refractivity contribution in [2.24, 2.45) is 0 Å². The van der Waals surface area contributed by atoms with Gasteiger partial charge in [-0.25, -0.2) is 13.1 Å². The third kappa shape index (κ3) is 3.24. The van der Waals surface area contributed by atoms with Gasteiger partial charge in [-0.15, -0.1) is 11.6 Å². The molecule has 8 heteroatoms. The average molecular weight is 264 g/mol. The summed E-state index contributed by atoms with van der Waals surface area (Å²) in [6.45, 7) is 0.636. The van der Waals surface area contributed by atoms with Gasteiger partial charge in [0.05, 0.1) is 5.54 Å². The molecule has 0 aromatic rings. The molecule has 0 aromatic heterocycles. The lowest BCUT2D eigenvalue weighted by Crippen LogP contribution is -2.54. The molecule has 1 heterocycles. The molecule has 0 unspecified atom stereocenters. The van der Waals surface area contributed by atoms with Gasteiger partial charge < -0.3 is 4.74 Å². The molecule has 0 aromatic carbocycles. The van der Waals surface area contributed by atoms with Crippen LogP contribution in [0.2, 0.25) is 0 Å². The van der Waals surface area contributed by atoms with Gasteiger partial charge in [0.15, 0.2) is 0 Å². The molecule has 1 rings (SSSR count). The van der Waals surface area contributed by atoms with Crippen molar-refractivity contribution in [2.45, 2.75) is 24.1 Å². The average Bonchev–Trinajstić information content (AvgIpc) is 2.18. The first-order valence-corrected chi connectivity index (χ1v) is 6.45. The summed E-state index contributed by atoms with van der Waals surface area (Å²) in [7, 11) is -4.59. The Morgan fingerprint density at radius 2 is 1.93 bits per heavy atom. The maximum absolute atomic E-state index is 12.1. The minimum atomic E-state index is -4.59. The second kappa shape index (κ2) is 4.90. The molecule has 1 aliphatic heterocycles. The van der Waals surface area contributed by atoms with Crippen LogP contribution in [0.15, 0.2) is 0 Å². The molecule has 0 spiro atoms. The summed E-state index contributed by atoms with van der Waals surface area (Å²) in [5, 5.41) is 0. The van der Waals surface area contributed by atoms with Gasteiger partial charge >= 0.3 is 5.76 Å². The van der Waals surface area contributed by atoms with E-state index in [1.165, 1.54) is 0 Å². The van der Waals surface area contributed by atoms with Crippen LogP contribution >= 0.6 is 11.6 Å². The van der Waals surface area contributed by atoms with E-state index in [1.54, 1.807) is 0 Å². The quantitative estimate of drug-likeness (QED) is 0.768. The minimum absolute atomic E-state index is 0.0394. The zero-order chi connectivity index (χ0) is 11.5. The standard InChI is InChI=1S/C7H12ClF2NO3S/c8-5-7(1-3-14-4-2-7)11-15(12,13)6(9)10/h6,11H,1-5H2. The summed E-state index contributed by atoms with van der Waals surface area (Å²) in [5.74, 6) is -3.47. The normalized spacial score (nSPS) is 21.9. The molecule has 1 saturated heterocycles. The zero-order valence-electron chi connectivity index (χ0n) is 7.88. The Morgan fingerprint density at radius 1 is 1.40 bits per heavy atom. The summed E-state index contributed by atoms with van der Waals surface area (Å²) < 4.78 is 53.3. The van der Waals surface area contributed by atoms with Crippen LogP contribution in [0.5, 0.6) is 0 Å². The van der Waals surface area contributed by atoms with E-state index in [9.17, 15) is 17.2 Å². The molecule has 0 aliphatic carbocycles. The van der Waals surface area contributed by atoms with Crippen LogP contribution in [0.1, 0.15) is 12.8 Å². The van der Waals surface area contributed by atoms with Crippen LogP contribution in [0, 0.1) is 0 Å². The van der Waals surface area contributed by atoms with Crippen molar-refractivity contribution in [1.82, 2.24) is 4.72 Å². The number of nitrogens with one attached hydrogen (secondary N) is 1. The first kappa shape index (κ1) is 13.1. The molecular formula is C7H12ClF2NO3S. The third-order valence-corrected chi connectivity index (χ3v) is 4.00. The van der Waals surface area contributed by atoms with Crippen molar-refractivity contribution in [3.8, 4) is 0 Å². The number of sulfonamides is 1. The Hall–Kier alpha value is 0.0200. The predicted octanol–water partition coefficient (Wildman–Crippen LogP) is 0.916. The van der Waals surface area contributed by atoms with Gasteiger partial charge in [0, 0.05) is 19.1 Å². The highest BCUT2D eigenvalue weighted by atomic mass is 35.5. The van der Waals surface area contributed by atoms with Crippen LogP contribution in [0.25, 0.3) is 0 Å². The van der Waals surface area contributed by atoms with E-state index in [-0.39, 0.29) is 5.88 Å². The molecule has 1 fully saturated rings. The zero-order valence-corrected chi connectivity index (χ0v) is 9.45. The maximum Gasteiger partial charge on any atom is 0.350 e. The lowest BCUT2D eigenvalue weighted by Gasteiger charge is -2.35. The fraction of sp³-hybridized carbons (Fsp3) is 1.00. The van der Waals surface area contributed by atoms with Crippen molar-refractivity contribution in [1.29, 1.82) is 0 Å². The van der Waals surface area contributed by atoms with E-state index in [2.05, 4.69) is 0 Å². The second-order valence-electron chi connectivity index (χ2n) is 3.43. The second-order valence-corrected chi connectivity index (χ2v) is 5.35. The van der Waals surface area contributed by atoms with Crippen LogP contribution in [0.4, 0.5) is 8.78 Å². The van der Waals surface area contributed by atoms with Crippen LogP contribution in [-0.4, -0.2) is 38.8 Å². The molecule has 0 radical (unpaired) electrons. The van der Waals surface area contributed by atoms with Gasteiger partial charge in [0.25, 0.3) is 10.0 Å². The Balaban J connectivity index is 2.76. The van der Waals surface area contributed by atoms with Crippen molar-refractivity contribution in [3.63, 3.8) is 0 Å². The highest BCUT2D eigenvalue weighted by Gasteiger charge is 2.38. The van der Waals surface area contributed by atoms with E-state index >= 15 is 0 Å². The number of alkyl halides is 3. The topological polar surface area (TPSA) is 55.4 Å². The molecule has 15 heavy (non-hydrogen) atoms. The number of rotatable bonds is 4. The van der Waals surface area contributed by atoms with Gasteiger partial charge in [-0.1, -0.05) is 0 Å². The van der Waals surface area contributed by atoms with E-state index in [1.807, 2.05) is 4.72 Å². The van der Waals surface area contributed by atoms with Crippen LogP contribution < -0.4 is 4.72 Å². The number of ether oxygens (including phenoxy) is 1. The molecule has 90 valence electrons. The van der Waals surface area contributed by atoms with Crippen LogP contribution in [-0.2, 0) is 14.8 Å². The first-order chi connectivity index (χ1) is 6.92. The number of hydrogen-bond donors (Lipinski definition) is 1.